The van der Waals surface area contributed by atoms with E-state index >= 15 is 0 Å². The molecule has 6 nitrogen and oxygen atoms in total. The van der Waals surface area contributed by atoms with Crippen molar-refractivity contribution >= 4 is 5.91 Å². The summed E-state index contributed by atoms with van der Waals surface area (Å²) in [5, 5.41) is 0. The standard InChI is InChI=1S/C15H25N5O/c1-18(2)8-9-19(3)14-4-6-20(7-5-14)15(21)13-10-16-12-17-11-13/h10-12,14H,4-9H2,1-3H3. The number of likely N-dealkylation sites (N-methyl/N-ethyl adjacent to an activating group) is 2. The lowest BCUT2D eigenvalue weighted by Gasteiger charge is -2.37. The van der Waals surface area contributed by atoms with Gasteiger partial charge in [0.25, 0.3) is 5.91 Å². The van der Waals surface area contributed by atoms with E-state index in [1.54, 1.807) is 12.4 Å². The van der Waals surface area contributed by atoms with Gasteiger partial charge in [0.2, 0.25) is 0 Å². The highest BCUT2D eigenvalue weighted by molar-refractivity contribution is 5.93. The van der Waals surface area contributed by atoms with Gasteiger partial charge in [0.1, 0.15) is 6.33 Å². The zero-order valence-corrected chi connectivity index (χ0v) is 13.2. The SMILES string of the molecule is CN(C)CCN(C)C1CCN(C(=O)c2cncnc2)CC1. The molecule has 6 heteroatoms. The molecule has 0 saturated carbocycles. The minimum Gasteiger partial charge on any atom is -0.338 e. The fourth-order valence-electron chi connectivity index (χ4n) is 2.64. The fourth-order valence-corrected chi connectivity index (χ4v) is 2.64. The molecule has 0 atom stereocenters. The summed E-state index contributed by atoms with van der Waals surface area (Å²) in [4.78, 5) is 26.7. The lowest BCUT2D eigenvalue weighted by atomic mass is 10.0. The van der Waals surface area contributed by atoms with E-state index in [0.29, 0.717) is 11.6 Å². The maximum Gasteiger partial charge on any atom is 0.256 e. The van der Waals surface area contributed by atoms with Gasteiger partial charge in [-0.15, -0.1) is 0 Å². The third-order valence-corrected chi connectivity index (χ3v) is 4.08. The molecule has 1 aliphatic rings. The Hall–Kier alpha value is -1.53. The number of hydrogen-bond acceptors (Lipinski definition) is 5. The quantitative estimate of drug-likeness (QED) is 0.794. The van der Waals surface area contributed by atoms with Gasteiger partial charge in [-0.2, -0.15) is 0 Å². The Labute approximate surface area is 126 Å². The molecule has 2 rings (SSSR count). The molecular weight excluding hydrogens is 266 g/mol. The first-order chi connectivity index (χ1) is 10.1. The Morgan fingerprint density at radius 1 is 1.19 bits per heavy atom. The van der Waals surface area contributed by atoms with Gasteiger partial charge in [0.15, 0.2) is 0 Å². The second kappa shape index (κ2) is 7.47. The molecule has 1 aromatic heterocycles. The predicted octanol–water partition coefficient (Wildman–Crippen LogP) is 0.575. The summed E-state index contributed by atoms with van der Waals surface area (Å²) in [7, 11) is 6.37. The molecule has 0 radical (unpaired) electrons. The van der Waals surface area contributed by atoms with Gasteiger partial charge in [-0.25, -0.2) is 9.97 Å². The number of hydrogen-bond donors (Lipinski definition) is 0. The van der Waals surface area contributed by atoms with Gasteiger partial charge >= 0.3 is 0 Å². The zero-order chi connectivity index (χ0) is 15.2. The van der Waals surface area contributed by atoms with Crippen molar-refractivity contribution in [3.63, 3.8) is 0 Å². The number of piperidine rings is 1. The molecular formula is C15H25N5O. The molecule has 1 fully saturated rings. The lowest BCUT2D eigenvalue weighted by molar-refractivity contribution is 0.0640. The molecule has 0 aromatic carbocycles. The second-order valence-corrected chi connectivity index (χ2v) is 5.93. The van der Waals surface area contributed by atoms with Crippen LogP contribution >= 0.6 is 0 Å². The summed E-state index contributed by atoms with van der Waals surface area (Å²) < 4.78 is 0. The van der Waals surface area contributed by atoms with Gasteiger partial charge in [-0.3, -0.25) is 4.79 Å². The van der Waals surface area contributed by atoms with Crippen molar-refractivity contribution in [3.05, 3.63) is 24.3 Å². The monoisotopic (exact) mass is 291 g/mol. The van der Waals surface area contributed by atoms with E-state index < -0.39 is 0 Å². The van der Waals surface area contributed by atoms with Crippen molar-refractivity contribution in [3.8, 4) is 0 Å². The molecule has 0 unspecified atom stereocenters. The van der Waals surface area contributed by atoms with E-state index in [9.17, 15) is 4.79 Å². The van der Waals surface area contributed by atoms with E-state index in [1.165, 1.54) is 6.33 Å². The first kappa shape index (κ1) is 15.9. The van der Waals surface area contributed by atoms with Crippen molar-refractivity contribution in [2.45, 2.75) is 18.9 Å². The zero-order valence-electron chi connectivity index (χ0n) is 13.2. The van der Waals surface area contributed by atoms with Crippen LogP contribution in [0.5, 0.6) is 0 Å². The van der Waals surface area contributed by atoms with Crippen LogP contribution in [-0.4, -0.2) is 83.9 Å². The molecule has 1 amide bonds. The Bertz CT molecular complexity index is 443. The van der Waals surface area contributed by atoms with Crippen LogP contribution in [0.1, 0.15) is 23.2 Å². The van der Waals surface area contributed by atoms with E-state index in [0.717, 1.165) is 39.0 Å². The molecule has 2 heterocycles. The Kier molecular flexibility index (Phi) is 5.64. The van der Waals surface area contributed by atoms with Crippen LogP contribution in [0.4, 0.5) is 0 Å². The third-order valence-electron chi connectivity index (χ3n) is 4.08. The molecule has 21 heavy (non-hydrogen) atoms. The van der Waals surface area contributed by atoms with Crippen molar-refractivity contribution in [2.24, 2.45) is 0 Å². The van der Waals surface area contributed by atoms with Gasteiger partial charge in [0, 0.05) is 44.6 Å². The highest BCUT2D eigenvalue weighted by atomic mass is 16.2. The minimum atomic E-state index is 0.0463. The van der Waals surface area contributed by atoms with E-state index in [1.807, 2.05) is 4.90 Å². The van der Waals surface area contributed by atoms with Crippen LogP contribution in [0.15, 0.2) is 18.7 Å². The van der Waals surface area contributed by atoms with Crippen LogP contribution in [0.25, 0.3) is 0 Å². The number of aromatic nitrogens is 2. The number of nitrogens with zero attached hydrogens (tertiary/aromatic N) is 5. The highest BCUT2D eigenvalue weighted by Gasteiger charge is 2.25. The van der Waals surface area contributed by atoms with Gasteiger partial charge in [0.05, 0.1) is 5.56 Å². The summed E-state index contributed by atoms with van der Waals surface area (Å²) in [5.74, 6) is 0.0463. The smallest absolute Gasteiger partial charge is 0.256 e. The Morgan fingerprint density at radius 3 is 2.38 bits per heavy atom. The average molecular weight is 291 g/mol. The topological polar surface area (TPSA) is 52.6 Å². The first-order valence-electron chi connectivity index (χ1n) is 7.47. The summed E-state index contributed by atoms with van der Waals surface area (Å²) in [6.45, 7) is 3.75. The Balaban J connectivity index is 1.82. The summed E-state index contributed by atoms with van der Waals surface area (Å²) in [5.41, 5.74) is 0.580. The van der Waals surface area contributed by atoms with Crippen LogP contribution in [-0.2, 0) is 0 Å². The minimum absolute atomic E-state index is 0.0463. The first-order valence-corrected chi connectivity index (χ1v) is 7.47. The maximum absolute atomic E-state index is 12.3. The molecule has 0 aliphatic carbocycles. The highest BCUT2D eigenvalue weighted by Crippen LogP contribution is 2.17. The second-order valence-electron chi connectivity index (χ2n) is 5.93. The van der Waals surface area contributed by atoms with Crippen molar-refractivity contribution in [2.75, 3.05) is 47.3 Å². The average Bonchev–Trinajstić information content (AvgIpc) is 2.53. The Morgan fingerprint density at radius 2 is 1.81 bits per heavy atom. The normalized spacial score (nSPS) is 16.7. The molecule has 0 N–H and O–H groups in total. The van der Waals surface area contributed by atoms with Crippen LogP contribution in [0.2, 0.25) is 0 Å². The van der Waals surface area contributed by atoms with Gasteiger partial charge in [-0.05, 0) is 34.0 Å². The molecule has 1 aromatic rings. The van der Waals surface area contributed by atoms with Gasteiger partial charge in [-0.1, -0.05) is 0 Å². The van der Waals surface area contributed by atoms with Crippen molar-refractivity contribution in [1.29, 1.82) is 0 Å². The molecule has 1 aliphatic heterocycles. The maximum atomic E-state index is 12.3. The van der Waals surface area contributed by atoms with Crippen LogP contribution < -0.4 is 0 Å². The number of carbonyl (C=O) groups is 1. The fraction of sp³-hybridized carbons (Fsp3) is 0.667. The molecule has 116 valence electrons. The van der Waals surface area contributed by atoms with Gasteiger partial charge < -0.3 is 14.7 Å². The number of likely N-dealkylation sites (tertiary alicyclic amines) is 1. The predicted molar refractivity (Wildman–Crippen MR) is 82.1 cm³/mol. The lowest BCUT2D eigenvalue weighted by Crippen LogP contribution is -2.46. The van der Waals surface area contributed by atoms with E-state index in [4.69, 9.17) is 0 Å². The third kappa shape index (κ3) is 4.47. The number of rotatable bonds is 5. The van der Waals surface area contributed by atoms with Crippen molar-refractivity contribution < 1.29 is 4.79 Å². The van der Waals surface area contributed by atoms with Crippen LogP contribution in [0.3, 0.4) is 0 Å². The van der Waals surface area contributed by atoms with Crippen LogP contribution in [0, 0.1) is 0 Å². The molecule has 1 saturated heterocycles. The van der Waals surface area contributed by atoms with E-state index in [-0.39, 0.29) is 5.91 Å². The summed E-state index contributed by atoms with van der Waals surface area (Å²) in [6.07, 6.45) is 6.69. The molecule has 0 bridgehead atoms. The summed E-state index contributed by atoms with van der Waals surface area (Å²) in [6, 6.07) is 0.570. The molecule has 0 spiro atoms. The largest absolute Gasteiger partial charge is 0.338 e. The summed E-state index contributed by atoms with van der Waals surface area (Å²) >= 11 is 0. The van der Waals surface area contributed by atoms with E-state index in [2.05, 4.69) is 40.9 Å². The number of amides is 1. The number of carbonyl (C=O) groups excluding carboxylic acids is 1. The van der Waals surface area contributed by atoms with Crippen molar-refractivity contribution in [1.82, 2.24) is 24.7 Å².